The molecule has 1 atom stereocenters. The molecule has 0 aliphatic carbocycles. The smallest absolute Gasteiger partial charge is 0.217 e. The molecule has 1 amide bonds. The molecule has 0 bridgehead atoms. The Morgan fingerprint density at radius 1 is 1.82 bits per heavy atom. The highest BCUT2D eigenvalue weighted by Gasteiger charge is 2.08. The normalized spacial score (nSPS) is 12.3. The zero-order chi connectivity index (χ0) is 8.85. The first kappa shape index (κ1) is 10.9. The molecule has 1 radical (unpaired) electrons. The number of carbonyl (C=O) groups is 1. The van der Waals surface area contributed by atoms with Crippen LogP contribution >= 0.6 is 24.0 Å². The largest absolute Gasteiger partial charge is 0.348 e. The van der Waals surface area contributed by atoms with Crippen LogP contribution in [0.15, 0.2) is 0 Å². The summed E-state index contributed by atoms with van der Waals surface area (Å²) in [7, 11) is 0. The lowest BCUT2D eigenvalue weighted by atomic mass is 10.4. The highest BCUT2D eigenvalue weighted by molar-refractivity contribution is 8.23. The van der Waals surface area contributed by atoms with Crippen LogP contribution in [0.25, 0.3) is 0 Å². The van der Waals surface area contributed by atoms with E-state index in [1.807, 2.05) is 6.92 Å². The Morgan fingerprint density at radius 3 is 2.73 bits per heavy atom. The van der Waals surface area contributed by atoms with Gasteiger partial charge < -0.3 is 5.32 Å². The van der Waals surface area contributed by atoms with E-state index in [9.17, 15) is 4.79 Å². The molecule has 0 aromatic heterocycles. The molecule has 2 nitrogen and oxygen atoms in total. The molecule has 0 heterocycles. The van der Waals surface area contributed by atoms with Gasteiger partial charge in [-0.25, -0.2) is 0 Å². The molecule has 1 N–H and O–H groups in total. The van der Waals surface area contributed by atoms with Gasteiger partial charge in [-0.15, -0.1) is 11.8 Å². The maximum absolute atomic E-state index is 10.5. The predicted octanol–water partition coefficient (Wildman–Crippen LogP) is 1.41. The fourth-order valence-electron chi connectivity index (χ4n) is 0.547. The zero-order valence-electron chi connectivity index (χ0n) is 6.72. The van der Waals surface area contributed by atoms with Gasteiger partial charge in [0, 0.05) is 6.92 Å². The van der Waals surface area contributed by atoms with Crippen molar-refractivity contribution in [3.05, 3.63) is 6.92 Å². The third-order valence-corrected chi connectivity index (χ3v) is 2.44. The molecule has 63 valence electrons. The van der Waals surface area contributed by atoms with Gasteiger partial charge in [-0.2, -0.15) is 0 Å². The van der Waals surface area contributed by atoms with Crippen LogP contribution in [-0.2, 0) is 4.79 Å². The average molecular weight is 190 g/mol. The van der Waals surface area contributed by atoms with E-state index < -0.39 is 0 Å². The molecule has 0 rings (SSSR count). The number of thioether (sulfide) groups is 1. The first-order valence-electron chi connectivity index (χ1n) is 3.34. The van der Waals surface area contributed by atoms with Crippen molar-refractivity contribution in [3.8, 4) is 0 Å². The van der Waals surface area contributed by atoms with Gasteiger partial charge in [-0.05, 0) is 12.7 Å². The van der Waals surface area contributed by atoms with Crippen LogP contribution in [0.5, 0.6) is 0 Å². The molecule has 11 heavy (non-hydrogen) atoms. The highest BCUT2D eigenvalue weighted by atomic mass is 32.2. The Labute approximate surface area is 77.1 Å². The van der Waals surface area contributed by atoms with Crippen molar-refractivity contribution >= 4 is 34.1 Å². The topological polar surface area (TPSA) is 29.1 Å². The molecule has 1 unspecified atom stereocenters. The Kier molecular flexibility index (Phi) is 5.50. The van der Waals surface area contributed by atoms with Crippen molar-refractivity contribution < 1.29 is 4.79 Å². The van der Waals surface area contributed by atoms with Crippen LogP contribution in [0.4, 0.5) is 0 Å². The molecule has 0 fully saturated rings. The fourth-order valence-corrected chi connectivity index (χ4v) is 1.50. The molecular weight excluding hydrogens is 178 g/mol. The van der Waals surface area contributed by atoms with Gasteiger partial charge in [0.1, 0.15) is 0 Å². The number of rotatable bonds is 3. The number of hydrogen-bond donors (Lipinski definition) is 1. The predicted molar refractivity (Wildman–Crippen MR) is 53.7 cm³/mol. The van der Waals surface area contributed by atoms with Gasteiger partial charge in [0.15, 0.2) is 0 Å². The Hall–Kier alpha value is -0.0900. The second-order valence-electron chi connectivity index (χ2n) is 2.01. The highest BCUT2D eigenvalue weighted by Crippen LogP contribution is 2.06. The van der Waals surface area contributed by atoms with Gasteiger partial charge >= 0.3 is 0 Å². The molecule has 0 saturated carbocycles. The summed E-state index contributed by atoms with van der Waals surface area (Å²) in [4.78, 5) is 10.5. The lowest BCUT2D eigenvalue weighted by Gasteiger charge is -2.11. The number of hydrogen-bond acceptors (Lipinski definition) is 3. The van der Waals surface area contributed by atoms with Crippen molar-refractivity contribution in [2.24, 2.45) is 0 Å². The van der Waals surface area contributed by atoms with Gasteiger partial charge in [-0.1, -0.05) is 19.1 Å². The molecule has 0 saturated heterocycles. The maximum atomic E-state index is 10.5. The standard InChI is InChI=1S/C7H12NOS2/c1-4-11-7(10)5(2)8-6(3)9/h5H,2,4H2,1,3H3,(H,8,9). The summed E-state index contributed by atoms with van der Waals surface area (Å²) in [5.74, 6) is 0.828. The molecule has 0 aromatic rings. The van der Waals surface area contributed by atoms with Gasteiger partial charge in [-0.3, -0.25) is 4.79 Å². The Morgan fingerprint density at radius 2 is 2.36 bits per heavy atom. The van der Waals surface area contributed by atoms with E-state index in [2.05, 4.69) is 12.2 Å². The molecular formula is C7H12NOS2. The summed E-state index contributed by atoms with van der Waals surface area (Å²) in [5, 5.41) is 2.62. The van der Waals surface area contributed by atoms with E-state index in [-0.39, 0.29) is 11.9 Å². The van der Waals surface area contributed by atoms with Crippen LogP contribution in [0.3, 0.4) is 0 Å². The van der Waals surface area contributed by atoms with E-state index in [1.54, 1.807) is 0 Å². The van der Waals surface area contributed by atoms with Crippen molar-refractivity contribution in [2.45, 2.75) is 19.9 Å². The number of nitrogens with one attached hydrogen (secondary N) is 1. The molecule has 0 spiro atoms. The molecule has 0 aliphatic rings. The van der Waals surface area contributed by atoms with E-state index in [0.29, 0.717) is 0 Å². The van der Waals surface area contributed by atoms with Crippen LogP contribution in [0.1, 0.15) is 13.8 Å². The third kappa shape index (κ3) is 5.21. The first-order valence-corrected chi connectivity index (χ1v) is 4.74. The van der Waals surface area contributed by atoms with Gasteiger partial charge in [0.25, 0.3) is 0 Å². The average Bonchev–Trinajstić information content (AvgIpc) is 1.86. The molecule has 0 aromatic carbocycles. The lowest BCUT2D eigenvalue weighted by Crippen LogP contribution is -2.35. The zero-order valence-corrected chi connectivity index (χ0v) is 8.35. The lowest BCUT2D eigenvalue weighted by molar-refractivity contribution is -0.119. The van der Waals surface area contributed by atoms with Crippen LogP contribution in [0.2, 0.25) is 0 Å². The SMILES string of the molecule is [CH2]C(NC(C)=O)C(=S)SCC. The molecule has 0 aliphatic heterocycles. The van der Waals surface area contributed by atoms with Crippen LogP contribution < -0.4 is 5.32 Å². The van der Waals surface area contributed by atoms with Crippen molar-refractivity contribution in [1.82, 2.24) is 5.32 Å². The van der Waals surface area contributed by atoms with Crippen LogP contribution in [0, 0.1) is 6.92 Å². The second kappa shape index (κ2) is 5.55. The van der Waals surface area contributed by atoms with E-state index in [0.717, 1.165) is 9.95 Å². The Bertz CT molecular complexity index is 159. The minimum atomic E-state index is -0.243. The first-order chi connectivity index (χ1) is 5.07. The van der Waals surface area contributed by atoms with E-state index >= 15 is 0 Å². The van der Waals surface area contributed by atoms with E-state index in [4.69, 9.17) is 12.2 Å². The number of carbonyl (C=O) groups excluding carboxylic acids is 1. The fraction of sp³-hybridized carbons (Fsp3) is 0.571. The summed E-state index contributed by atoms with van der Waals surface area (Å²) in [6, 6.07) is -0.243. The monoisotopic (exact) mass is 190 g/mol. The minimum Gasteiger partial charge on any atom is -0.348 e. The second-order valence-corrected chi connectivity index (χ2v) is 4.01. The van der Waals surface area contributed by atoms with E-state index in [1.165, 1.54) is 18.7 Å². The minimum absolute atomic E-state index is 0.0935. The maximum Gasteiger partial charge on any atom is 0.217 e. The van der Waals surface area contributed by atoms with Gasteiger partial charge in [0.2, 0.25) is 5.91 Å². The summed E-state index contributed by atoms with van der Waals surface area (Å²) >= 11 is 6.52. The Balaban J connectivity index is 3.73. The third-order valence-electron chi connectivity index (χ3n) is 0.949. The van der Waals surface area contributed by atoms with Crippen molar-refractivity contribution in [2.75, 3.05) is 5.75 Å². The molecule has 4 heteroatoms. The van der Waals surface area contributed by atoms with Crippen molar-refractivity contribution in [1.29, 1.82) is 0 Å². The summed E-state index contributed by atoms with van der Waals surface area (Å²) < 4.78 is 0.739. The van der Waals surface area contributed by atoms with Crippen LogP contribution in [-0.4, -0.2) is 21.9 Å². The number of thiocarbonyl (C=S) groups is 1. The van der Waals surface area contributed by atoms with Crippen molar-refractivity contribution in [3.63, 3.8) is 0 Å². The summed E-state index contributed by atoms with van der Waals surface area (Å²) in [6.07, 6.45) is 0. The number of amides is 1. The summed E-state index contributed by atoms with van der Waals surface area (Å²) in [6.45, 7) is 7.17. The quantitative estimate of drug-likeness (QED) is 0.682. The van der Waals surface area contributed by atoms with Gasteiger partial charge in [0.05, 0.1) is 10.2 Å². The summed E-state index contributed by atoms with van der Waals surface area (Å²) in [5.41, 5.74) is 0.